The molecule has 1 atom stereocenters. The molecule has 0 amide bonds. The van der Waals surface area contributed by atoms with E-state index >= 15 is 0 Å². The van der Waals surface area contributed by atoms with Gasteiger partial charge in [0.25, 0.3) is 0 Å². The first kappa shape index (κ1) is 13.0. The Morgan fingerprint density at radius 2 is 2.16 bits per heavy atom. The maximum Gasteiger partial charge on any atom is 0.219 e. The molecule has 0 radical (unpaired) electrons. The summed E-state index contributed by atoms with van der Waals surface area (Å²) in [6.45, 7) is 1.62. The van der Waals surface area contributed by atoms with E-state index < -0.39 is 11.9 Å². The highest BCUT2D eigenvalue weighted by molar-refractivity contribution is 5.37. The van der Waals surface area contributed by atoms with E-state index in [1.807, 2.05) is 6.07 Å². The summed E-state index contributed by atoms with van der Waals surface area (Å²) >= 11 is 0. The van der Waals surface area contributed by atoms with Gasteiger partial charge in [-0.3, -0.25) is 0 Å². The van der Waals surface area contributed by atoms with Crippen LogP contribution < -0.4 is 4.74 Å². The lowest BCUT2D eigenvalue weighted by Crippen LogP contribution is -1.95. The van der Waals surface area contributed by atoms with E-state index in [1.54, 1.807) is 19.1 Å². The molecule has 96 valence electrons. The fraction of sp³-hybridized carbons (Fsp3) is 0.143. The number of aliphatic hydroxyl groups excluding tert-OH is 1. The maximum atomic E-state index is 13.6. The minimum absolute atomic E-state index is 0.00343. The number of nitriles is 1. The van der Waals surface area contributed by atoms with Gasteiger partial charge in [-0.2, -0.15) is 5.26 Å². The minimum atomic E-state index is -0.625. The summed E-state index contributed by atoms with van der Waals surface area (Å²) in [4.78, 5) is 3.97. The van der Waals surface area contributed by atoms with Crippen LogP contribution in [0.4, 0.5) is 4.39 Å². The third kappa shape index (κ3) is 3.06. The second kappa shape index (κ2) is 5.46. The number of nitrogens with zero attached hydrogens (tertiary/aromatic N) is 2. The van der Waals surface area contributed by atoms with E-state index in [0.717, 1.165) is 6.07 Å². The predicted molar refractivity (Wildman–Crippen MR) is 66.1 cm³/mol. The first-order valence-corrected chi connectivity index (χ1v) is 5.61. The van der Waals surface area contributed by atoms with Crippen molar-refractivity contribution in [3.05, 3.63) is 53.5 Å². The van der Waals surface area contributed by atoms with E-state index in [-0.39, 0.29) is 17.2 Å². The zero-order valence-electron chi connectivity index (χ0n) is 10.2. The first-order valence-electron chi connectivity index (χ1n) is 5.61. The average Bonchev–Trinajstić information content (AvgIpc) is 2.41. The number of pyridine rings is 1. The van der Waals surface area contributed by atoms with Gasteiger partial charge < -0.3 is 9.84 Å². The first-order chi connectivity index (χ1) is 9.10. The molecule has 1 aromatic carbocycles. The molecule has 2 aromatic rings. The van der Waals surface area contributed by atoms with Crippen molar-refractivity contribution in [2.75, 3.05) is 0 Å². The fourth-order valence-corrected chi connectivity index (χ4v) is 1.47. The molecule has 0 saturated heterocycles. The van der Waals surface area contributed by atoms with E-state index in [1.165, 1.54) is 18.3 Å². The van der Waals surface area contributed by atoms with Gasteiger partial charge in [-0.1, -0.05) is 0 Å². The normalized spacial score (nSPS) is 11.7. The highest BCUT2D eigenvalue weighted by Gasteiger charge is 2.07. The Kier molecular flexibility index (Phi) is 3.74. The molecule has 4 nitrogen and oxygen atoms in total. The molecule has 0 aliphatic heterocycles. The van der Waals surface area contributed by atoms with Crippen LogP contribution >= 0.6 is 0 Å². The Bertz CT molecular complexity index is 618. The van der Waals surface area contributed by atoms with Gasteiger partial charge in [0.1, 0.15) is 0 Å². The number of aromatic nitrogens is 1. The number of aliphatic hydroxyl groups is 1. The molecular formula is C14H11FN2O2. The molecule has 0 aliphatic rings. The summed E-state index contributed by atoms with van der Waals surface area (Å²) in [5.41, 5.74) is 0.870. The fourth-order valence-electron chi connectivity index (χ4n) is 1.47. The molecule has 1 aromatic heterocycles. The monoisotopic (exact) mass is 258 g/mol. The predicted octanol–water partition coefficient (Wildman–Crippen LogP) is 2.94. The molecule has 0 spiro atoms. The van der Waals surface area contributed by atoms with E-state index in [2.05, 4.69) is 4.98 Å². The highest BCUT2D eigenvalue weighted by Crippen LogP contribution is 2.24. The second-order valence-corrected chi connectivity index (χ2v) is 3.96. The number of hydrogen-bond acceptors (Lipinski definition) is 4. The van der Waals surface area contributed by atoms with Gasteiger partial charge >= 0.3 is 0 Å². The van der Waals surface area contributed by atoms with Gasteiger partial charge in [-0.15, -0.1) is 0 Å². The number of rotatable bonds is 3. The quantitative estimate of drug-likeness (QED) is 0.919. The van der Waals surface area contributed by atoms with E-state index in [4.69, 9.17) is 10.00 Å². The Morgan fingerprint density at radius 3 is 2.68 bits per heavy atom. The van der Waals surface area contributed by atoms with Gasteiger partial charge in [0.15, 0.2) is 11.6 Å². The zero-order valence-corrected chi connectivity index (χ0v) is 10.2. The highest BCUT2D eigenvalue weighted by atomic mass is 19.1. The summed E-state index contributed by atoms with van der Waals surface area (Å²) in [6, 6.07) is 8.96. The van der Waals surface area contributed by atoms with Crippen molar-refractivity contribution in [3.8, 4) is 17.7 Å². The second-order valence-electron chi connectivity index (χ2n) is 3.96. The molecule has 19 heavy (non-hydrogen) atoms. The van der Waals surface area contributed by atoms with Crippen molar-refractivity contribution < 1.29 is 14.2 Å². The van der Waals surface area contributed by atoms with Gasteiger partial charge in [0.2, 0.25) is 5.88 Å². The largest absolute Gasteiger partial charge is 0.436 e. The van der Waals surface area contributed by atoms with Crippen LogP contribution in [0.2, 0.25) is 0 Å². The molecule has 0 aliphatic carbocycles. The summed E-state index contributed by atoms with van der Waals surface area (Å²) < 4.78 is 18.9. The lowest BCUT2D eigenvalue weighted by molar-refractivity contribution is 0.198. The van der Waals surface area contributed by atoms with Gasteiger partial charge in [0, 0.05) is 12.3 Å². The van der Waals surface area contributed by atoms with Crippen LogP contribution in [0, 0.1) is 17.1 Å². The van der Waals surface area contributed by atoms with Crippen molar-refractivity contribution in [2.45, 2.75) is 13.0 Å². The van der Waals surface area contributed by atoms with Crippen LogP contribution in [-0.2, 0) is 0 Å². The molecule has 1 heterocycles. The van der Waals surface area contributed by atoms with Crippen molar-refractivity contribution in [1.29, 1.82) is 5.26 Å². The Labute approximate surface area is 109 Å². The van der Waals surface area contributed by atoms with Crippen molar-refractivity contribution in [3.63, 3.8) is 0 Å². The standard InChI is InChI=1S/C14H11FN2O2/c1-9(18)11-3-5-14(17-8-11)19-13-4-2-10(7-16)6-12(13)15/h2-6,8-9,18H,1H3. The summed E-state index contributed by atoms with van der Waals surface area (Å²) in [5.74, 6) is -0.412. The van der Waals surface area contributed by atoms with Gasteiger partial charge in [-0.25, -0.2) is 9.37 Å². The van der Waals surface area contributed by atoms with Crippen LogP contribution in [0.1, 0.15) is 24.2 Å². The Hall–Kier alpha value is -2.45. The number of benzene rings is 1. The summed E-state index contributed by atoms with van der Waals surface area (Å²) in [6.07, 6.45) is 0.842. The smallest absolute Gasteiger partial charge is 0.219 e. The average molecular weight is 258 g/mol. The van der Waals surface area contributed by atoms with Crippen molar-refractivity contribution in [2.24, 2.45) is 0 Å². The van der Waals surface area contributed by atoms with Crippen molar-refractivity contribution >= 4 is 0 Å². The van der Waals surface area contributed by atoms with Crippen LogP contribution in [0.15, 0.2) is 36.5 Å². The van der Waals surface area contributed by atoms with Crippen LogP contribution in [0.25, 0.3) is 0 Å². The third-order valence-electron chi connectivity index (χ3n) is 2.52. The van der Waals surface area contributed by atoms with E-state index in [0.29, 0.717) is 5.56 Å². The molecule has 2 rings (SSSR count). The molecule has 0 fully saturated rings. The molecule has 0 saturated carbocycles. The molecule has 0 bridgehead atoms. The SMILES string of the molecule is CC(O)c1ccc(Oc2ccc(C#N)cc2F)nc1. The lowest BCUT2D eigenvalue weighted by Gasteiger charge is -2.07. The number of halogens is 1. The maximum absolute atomic E-state index is 13.6. The molecule has 5 heteroatoms. The Morgan fingerprint density at radius 1 is 1.37 bits per heavy atom. The molecular weight excluding hydrogens is 247 g/mol. The lowest BCUT2D eigenvalue weighted by atomic mass is 10.2. The number of ether oxygens (including phenoxy) is 1. The van der Waals surface area contributed by atoms with Crippen LogP contribution in [-0.4, -0.2) is 10.1 Å². The minimum Gasteiger partial charge on any atom is -0.436 e. The van der Waals surface area contributed by atoms with Gasteiger partial charge in [0.05, 0.1) is 17.7 Å². The van der Waals surface area contributed by atoms with Crippen molar-refractivity contribution in [1.82, 2.24) is 4.98 Å². The summed E-state index contributed by atoms with van der Waals surface area (Å²) in [7, 11) is 0. The number of hydrogen-bond donors (Lipinski definition) is 1. The van der Waals surface area contributed by atoms with Crippen LogP contribution in [0.3, 0.4) is 0 Å². The molecule has 1 N–H and O–H groups in total. The third-order valence-corrected chi connectivity index (χ3v) is 2.52. The topological polar surface area (TPSA) is 66.1 Å². The Balaban J connectivity index is 2.19. The molecule has 1 unspecified atom stereocenters. The van der Waals surface area contributed by atoms with Crippen LogP contribution in [0.5, 0.6) is 11.6 Å². The summed E-state index contributed by atoms with van der Waals surface area (Å²) in [5, 5.41) is 18.0. The van der Waals surface area contributed by atoms with Gasteiger partial charge in [-0.05, 0) is 36.8 Å². The van der Waals surface area contributed by atoms with E-state index in [9.17, 15) is 9.50 Å². The zero-order chi connectivity index (χ0) is 13.8.